The van der Waals surface area contributed by atoms with Gasteiger partial charge in [-0.3, -0.25) is 0 Å². The second kappa shape index (κ2) is 5.26. The predicted molar refractivity (Wildman–Crippen MR) is 71.4 cm³/mol. The Bertz CT molecular complexity index is 516. The van der Waals surface area contributed by atoms with E-state index in [1.54, 1.807) is 24.3 Å². The van der Waals surface area contributed by atoms with E-state index in [2.05, 4.69) is 0 Å². The molecule has 1 saturated heterocycles. The Hall–Kier alpha value is -1.11. The summed E-state index contributed by atoms with van der Waals surface area (Å²) in [4.78, 5) is 0.195. The number of sulfonamides is 1. The maximum absolute atomic E-state index is 12.5. The van der Waals surface area contributed by atoms with Gasteiger partial charge in [-0.25, -0.2) is 8.42 Å². The summed E-state index contributed by atoms with van der Waals surface area (Å²) in [6.07, 6.45) is 2.37. The van der Waals surface area contributed by atoms with E-state index in [0.717, 1.165) is 12.8 Å². The van der Waals surface area contributed by atoms with Crippen LogP contribution in [0.5, 0.6) is 0 Å². The first-order valence-electron chi connectivity index (χ1n) is 6.12. The Morgan fingerprint density at radius 3 is 2.61 bits per heavy atom. The molecule has 1 aromatic carbocycles. The van der Waals surface area contributed by atoms with E-state index in [1.807, 2.05) is 0 Å². The van der Waals surface area contributed by atoms with Gasteiger partial charge in [-0.15, -0.1) is 0 Å². The van der Waals surface area contributed by atoms with Crippen molar-refractivity contribution in [3.8, 4) is 0 Å². The van der Waals surface area contributed by atoms with Gasteiger partial charge in [-0.2, -0.15) is 4.31 Å². The third kappa shape index (κ3) is 2.66. The molecule has 4 N–H and O–H groups in total. The van der Waals surface area contributed by atoms with E-state index < -0.39 is 10.0 Å². The summed E-state index contributed by atoms with van der Waals surface area (Å²) in [6, 6.07) is 6.67. The van der Waals surface area contributed by atoms with Crippen molar-refractivity contribution in [3.05, 3.63) is 24.3 Å². The number of hydrogen-bond donors (Lipinski definition) is 2. The lowest BCUT2D eigenvalue weighted by molar-refractivity contribution is 0.422. The van der Waals surface area contributed by atoms with Crippen LogP contribution in [0.2, 0.25) is 0 Å². The summed E-state index contributed by atoms with van der Waals surface area (Å²) in [5.41, 5.74) is 11.9. The van der Waals surface area contributed by atoms with E-state index in [-0.39, 0.29) is 10.9 Å². The Morgan fingerprint density at radius 2 is 1.89 bits per heavy atom. The molecule has 100 valence electrons. The molecule has 6 heteroatoms. The van der Waals surface area contributed by atoms with E-state index >= 15 is 0 Å². The van der Waals surface area contributed by atoms with Crippen LogP contribution in [0.15, 0.2) is 29.2 Å². The minimum atomic E-state index is -3.49. The Morgan fingerprint density at radius 1 is 1.17 bits per heavy atom. The zero-order chi connectivity index (χ0) is 13.2. The zero-order valence-electron chi connectivity index (χ0n) is 10.2. The topological polar surface area (TPSA) is 89.4 Å². The second-order valence-corrected chi connectivity index (χ2v) is 6.54. The van der Waals surface area contributed by atoms with Crippen molar-refractivity contribution in [2.45, 2.75) is 30.2 Å². The van der Waals surface area contributed by atoms with E-state index in [4.69, 9.17) is 11.5 Å². The molecule has 0 aromatic heterocycles. The van der Waals surface area contributed by atoms with Crippen LogP contribution in [0, 0.1) is 0 Å². The first-order chi connectivity index (χ1) is 8.51. The standard InChI is InChI=1S/C12H19N3O2S/c13-10-4-3-8-15(9-7-10)18(16,17)12-6-2-1-5-11(12)14/h1-2,5-6,10H,3-4,7-9,13-14H2. The highest BCUT2D eigenvalue weighted by Gasteiger charge is 2.27. The largest absolute Gasteiger partial charge is 0.398 e. The first-order valence-corrected chi connectivity index (χ1v) is 7.56. The van der Waals surface area contributed by atoms with Crippen molar-refractivity contribution >= 4 is 15.7 Å². The third-order valence-electron chi connectivity index (χ3n) is 3.27. The molecule has 1 aromatic rings. The second-order valence-electron chi connectivity index (χ2n) is 4.63. The molecule has 0 saturated carbocycles. The molecule has 1 aliphatic heterocycles. The first kappa shape index (κ1) is 13.3. The highest BCUT2D eigenvalue weighted by Crippen LogP contribution is 2.24. The number of hydrogen-bond acceptors (Lipinski definition) is 4. The maximum atomic E-state index is 12.5. The molecule has 0 radical (unpaired) electrons. The van der Waals surface area contributed by atoms with Gasteiger partial charge in [0.15, 0.2) is 0 Å². The van der Waals surface area contributed by atoms with Gasteiger partial charge in [0.05, 0.1) is 5.69 Å². The molecular formula is C12H19N3O2S. The molecule has 0 aliphatic carbocycles. The summed E-state index contributed by atoms with van der Waals surface area (Å²) < 4.78 is 26.4. The molecule has 1 aliphatic rings. The smallest absolute Gasteiger partial charge is 0.245 e. The van der Waals surface area contributed by atoms with Crippen molar-refractivity contribution in [2.75, 3.05) is 18.8 Å². The SMILES string of the molecule is Nc1ccccc1S(=O)(=O)N1CCCC(N)CC1. The van der Waals surface area contributed by atoms with Gasteiger partial charge in [0, 0.05) is 19.1 Å². The van der Waals surface area contributed by atoms with Crippen molar-refractivity contribution in [1.29, 1.82) is 0 Å². The molecule has 5 nitrogen and oxygen atoms in total. The van der Waals surface area contributed by atoms with Gasteiger partial charge in [-0.05, 0) is 31.4 Å². The van der Waals surface area contributed by atoms with Crippen LogP contribution in [0.3, 0.4) is 0 Å². The summed E-state index contributed by atoms with van der Waals surface area (Å²) in [5.74, 6) is 0. The Labute approximate surface area is 108 Å². The predicted octanol–water partition coefficient (Wildman–Crippen LogP) is 0.771. The van der Waals surface area contributed by atoms with Crippen LogP contribution in [-0.4, -0.2) is 31.9 Å². The lowest BCUT2D eigenvalue weighted by atomic mass is 10.1. The minimum Gasteiger partial charge on any atom is -0.398 e. The average molecular weight is 269 g/mol. The Kier molecular flexibility index (Phi) is 3.89. The van der Waals surface area contributed by atoms with Crippen LogP contribution >= 0.6 is 0 Å². The summed E-state index contributed by atoms with van der Waals surface area (Å²) >= 11 is 0. The Balaban J connectivity index is 2.28. The van der Waals surface area contributed by atoms with E-state index in [1.165, 1.54) is 4.31 Å². The molecule has 1 heterocycles. The van der Waals surface area contributed by atoms with Crippen LogP contribution in [0.25, 0.3) is 0 Å². The number of nitrogens with zero attached hydrogens (tertiary/aromatic N) is 1. The highest BCUT2D eigenvalue weighted by atomic mass is 32.2. The zero-order valence-corrected chi connectivity index (χ0v) is 11.1. The number of nitrogen functional groups attached to an aromatic ring is 1. The van der Waals surface area contributed by atoms with Gasteiger partial charge in [0.25, 0.3) is 0 Å². The molecule has 1 fully saturated rings. The van der Waals surface area contributed by atoms with Gasteiger partial charge in [-0.1, -0.05) is 12.1 Å². The fourth-order valence-electron chi connectivity index (χ4n) is 2.19. The number of rotatable bonds is 2. The molecule has 2 rings (SSSR count). The van der Waals surface area contributed by atoms with E-state index in [0.29, 0.717) is 25.2 Å². The fourth-order valence-corrected chi connectivity index (χ4v) is 3.80. The van der Waals surface area contributed by atoms with Crippen molar-refractivity contribution in [2.24, 2.45) is 5.73 Å². The van der Waals surface area contributed by atoms with Gasteiger partial charge in [0.1, 0.15) is 4.90 Å². The van der Waals surface area contributed by atoms with Gasteiger partial charge in [0.2, 0.25) is 10.0 Å². The van der Waals surface area contributed by atoms with Crippen LogP contribution < -0.4 is 11.5 Å². The summed E-state index contributed by atoms with van der Waals surface area (Å²) in [6.45, 7) is 0.988. The lowest BCUT2D eigenvalue weighted by Gasteiger charge is -2.20. The van der Waals surface area contributed by atoms with Crippen molar-refractivity contribution in [1.82, 2.24) is 4.31 Å². The summed E-state index contributed by atoms with van der Waals surface area (Å²) in [7, 11) is -3.49. The van der Waals surface area contributed by atoms with Gasteiger partial charge >= 0.3 is 0 Å². The van der Waals surface area contributed by atoms with Crippen molar-refractivity contribution < 1.29 is 8.42 Å². The van der Waals surface area contributed by atoms with Crippen LogP contribution in [-0.2, 0) is 10.0 Å². The normalized spacial score (nSPS) is 22.6. The van der Waals surface area contributed by atoms with Crippen LogP contribution in [0.4, 0.5) is 5.69 Å². The van der Waals surface area contributed by atoms with Gasteiger partial charge < -0.3 is 11.5 Å². The molecule has 1 unspecified atom stereocenters. The number of anilines is 1. The molecule has 0 amide bonds. The van der Waals surface area contributed by atoms with Crippen LogP contribution in [0.1, 0.15) is 19.3 Å². The minimum absolute atomic E-state index is 0.0957. The highest BCUT2D eigenvalue weighted by molar-refractivity contribution is 7.89. The quantitative estimate of drug-likeness (QED) is 0.776. The number of nitrogens with two attached hydrogens (primary N) is 2. The molecule has 18 heavy (non-hydrogen) atoms. The lowest BCUT2D eigenvalue weighted by Crippen LogP contribution is -2.33. The molecule has 0 bridgehead atoms. The molecular weight excluding hydrogens is 250 g/mol. The number of para-hydroxylation sites is 1. The fraction of sp³-hybridized carbons (Fsp3) is 0.500. The molecule has 1 atom stereocenters. The van der Waals surface area contributed by atoms with Crippen molar-refractivity contribution in [3.63, 3.8) is 0 Å². The average Bonchev–Trinajstić information content (AvgIpc) is 2.54. The third-order valence-corrected chi connectivity index (χ3v) is 5.24. The summed E-state index contributed by atoms with van der Waals surface area (Å²) in [5, 5.41) is 0. The maximum Gasteiger partial charge on any atom is 0.245 e. The number of benzene rings is 1. The van der Waals surface area contributed by atoms with E-state index in [9.17, 15) is 8.42 Å². The molecule has 0 spiro atoms. The monoisotopic (exact) mass is 269 g/mol.